The van der Waals surface area contributed by atoms with Gasteiger partial charge in [-0.05, 0) is 26.3 Å². The standard InChI is InChI=1S/C12H20N4O/c1-4-6-14-10-8-9(5-7-15-10)16-12(2,3)11(13)17/h5,7-8H,4,6H2,1-3H3,(H2,13,17)(H2,14,15,16). The molecule has 0 radical (unpaired) electrons. The second-order valence-corrected chi connectivity index (χ2v) is 4.47. The Morgan fingerprint density at radius 2 is 2.24 bits per heavy atom. The second kappa shape index (κ2) is 5.52. The molecule has 0 aliphatic carbocycles. The van der Waals surface area contributed by atoms with Gasteiger partial charge in [0.25, 0.3) is 0 Å². The summed E-state index contributed by atoms with van der Waals surface area (Å²) >= 11 is 0. The highest BCUT2D eigenvalue weighted by Crippen LogP contribution is 2.17. The van der Waals surface area contributed by atoms with E-state index in [-0.39, 0.29) is 0 Å². The van der Waals surface area contributed by atoms with Gasteiger partial charge in [-0.3, -0.25) is 4.79 Å². The summed E-state index contributed by atoms with van der Waals surface area (Å²) in [5.74, 6) is 0.398. The normalized spacial score (nSPS) is 11.0. The van der Waals surface area contributed by atoms with Crippen molar-refractivity contribution in [2.24, 2.45) is 5.73 Å². The van der Waals surface area contributed by atoms with E-state index in [4.69, 9.17) is 5.73 Å². The lowest BCUT2D eigenvalue weighted by atomic mass is 10.0. The second-order valence-electron chi connectivity index (χ2n) is 4.47. The minimum atomic E-state index is -0.774. The van der Waals surface area contributed by atoms with Crippen LogP contribution in [0, 0.1) is 0 Å². The molecule has 0 saturated heterocycles. The van der Waals surface area contributed by atoms with Crippen LogP contribution in [0.4, 0.5) is 11.5 Å². The molecule has 0 fully saturated rings. The van der Waals surface area contributed by atoms with Gasteiger partial charge in [0, 0.05) is 24.5 Å². The molecule has 1 rings (SSSR count). The lowest BCUT2D eigenvalue weighted by Crippen LogP contribution is -2.45. The molecule has 0 unspecified atom stereocenters. The number of amides is 1. The quantitative estimate of drug-likeness (QED) is 0.700. The van der Waals surface area contributed by atoms with Crippen molar-refractivity contribution < 1.29 is 4.79 Å². The van der Waals surface area contributed by atoms with E-state index in [9.17, 15) is 4.79 Å². The van der Waals surface area contributed by atoms with Crippen LogP contribution in [-0.2, 0) is 4.79 Å². The number of anilines is 2. The molecule has 17 heavy (non-hydrogen) atoms. The molecule has 0 spiro atoms. The fourth-order valence-electron chi connectivity index (χ4n) is 1.28. The van der Waals surface area contributed by atoms with Crippen LogP contribution in [0.15, 0.2) is 18.3 Å². The monoisotopic (exact) mass is 236 g/mol. The average molecular weight is 236 g/mol. The number of pyridine rings is 1. The first-order valence-electron chi connectivity index (χ1n) is 5.73. The molecule has 0 bridgehead atoms. The van der Waals surface area contributed by atoms with Crippen LogP contribution in [0.1, 0.15) is 27.2 Å². The minimum Gasteiger partial charge on any atom is -0.372 e. The Bertz CT molecular complexity index is 390. The summed E-state index contributed by atoms with van der Waals surface area (Å²) in [6, 6.07) is 3.67. The number of hydrogen-bond acceptors (Lipinski definition) is 4. The van der Waals surface area contributed by atoms with Crippen LogP contribution in [-0.4, -0.2) is 23.0 Å². The van der Waals surface area contributed by atoms with Crippen molar-refractivity contribution in [1.29, 1.82) is 0 Å². The minimum absolute atomic E-state index is 0.391. The van der Waals surface area contributed by atoms with E-state index < -0.39 is 11.4 Å². The maximum absolute atomic E-state index is 11.2. The Morgan fingerprint density at radius 3 is 2.82 bits per heavy atom. The van der Waals surface area contributed by atoms with Crippen LogP contribution in [0.25, 0.3) is 0 Å². The third-order valence-corrected chi connectivity index (χ3v) is 2.39. The SMILES string of the molecule is CCCNc1cc(NC(C)(C)C(N)=O)ccn1. The van der Waals surface area contributed by atoms with Crippen molar-refractivity contribution in [2.45, 2.75) is 32.7 Å². The molecular weight excluding hydrogens is 216 g/mol. The van der Waals surface area contributed by atoms with Gasteiger partial charge in [0.2, 0.25) is 5.91 Å². The van der Waals surface area contributed by atoms with Crippen LogP contribution in [0.5, 0.6) is 0 Å². The number of nitrogens with zero attached hydrogens (tertiary/aromatic N) is 1. The number of carbonyl (C=O) groups is 1. The summed E-state index contributed by atoms with van der Waals surface area (Å²) in [7, 11) is 0. The number of nitrogens with one attached hydrogen (secondary N) is 2. The fraction of sp³-hybridized carbons (Fsp3) is 0.500. The Morgan fingerprint density at radius 1 is 1.53 bits per heavy atom. The molecule has 0 aliphatic heterocycles. The lowest BCUT2D eigenvalue weighted by Gasteiger charge is -2.23. The Kier molecular flexibility index (Phi) is 4.31. The molecule has 1 amide bonds. The first-order chi connectivity index (χ1) is 7.95. The van der Waals surface area contributed by atoms with Gasteiger partial charge < -0.3 is 16.4 Å². The molecule has 94 valence electrons. The van der Waals surface area contributed by atoms with Gasteiger partial charge in [0.1, 0.15) is 11.4 Å². The van der Waals surface area contributed by atoms with Crippen molar-refractivity contribution >= 4 is 17.4 Å². The lowest BCUT2D eigenvalue weighted by molar-refractivity contribution is -0.121. The van der Waals surface area contributed by atoms with Gasteiger partial charge in [-0.2, -0.15) is 0 Å². The zero-order valence-electron chi connectivity index (χ0n) is 10.6. The molecule has 4 N–H and O–H groups in total. The highest BCUT2D eigenvalue weighted by molar-refractivity contribution is 5.87. The van der Waals surface area contributed by atoms with E-state index in [2.05, 4.69) is 22.5 Å². The zero-order valence-corrected chi connectivity index (χ0v) is 10.6. The number of primary amides is 1. The summed E-state index contributed by atoms with van der Waals surface area (Å²) in [6.07, 6.45) is 2.73. The molecule has 0 saturated carbocycles. The fourth-order valence-corrected chi connectivity index (χ4v) is 1.28. The van der Waals surface area contributed by atoms with Crippen molar-refractivity contribution in [3.8, 4) is 0 Å². The van der Waals surface area contributed by atoms with E-state index in [1.165, 1.54) is 0 Å². The van der Waals surface area contributed by atoms with Crippen LogP contribution < -0.4 is 16.4 Å². The Hall–Kier alpha value is -1.78. The van der Waals surface area contributed by atoms with Crippen LogP contribution >= 0.6 is 0 Å². The molecule has 5 nitrogen and oxygen atoms in total. The van der Waals surface area contributed by atoms with Crippen molar-refractivity contribution in [3.05, 3.63) is 18.3 Å². The maximum atomic E-state index is 11.2. The molecule has 1 heterocycles. The van der Waals surface area contributed by atoms with Gasteiger partial charge in [0.15, 0.2) is 0 Å². The number of aromatic nitrogens is 1. The molecular formula is C12H20N4O. The Balaban J connectivity index is 2.75. The molecule has 1 aromatic rings. The average Bonchev–Trinajstić information content (AvgIpc) is 2.26. The van der Waals surface area contributed by atoms with Crippen LogP contribution in [0.2, 0.25) is 0 Å². The highest BCUT2D eigenvalue weighted by Gasteiger charge is 2.24. The van der Waals surface area contributed by atoms with Gasteiger partial charge in [-0.25, -0.2) is 4.98 Å². The zero-order chi connectivity index (χ0) is 12.9. The molecule has 0 atom stereocenters. The summed E-state index contributed by atoms with van der Waals surface area (Å²) in [4.78, 5) is 15.4. The molecule has 0 aromatic carbocycles. The van der Waals surface area contributed by atoms with Gasteiger partial charge in [0.05, 0.1) is 0 Å². The van der Waals surface area contributed by atoms with E-state index in [0.29, 0.717) is 0 Å². The summed E-state index contributed by atoms with van der Waals surface area (Å²) in [6.45, 7) is 6.45. The van der Waals surface area contributed by atoms with Crippen molar-refractivity contribution in [2.75, 3.05) is 17.2 Å². The number of hydrogen-bond donors (Lipinski definition) is 3. The van der Waals surface area contributed by atoms with E-state index in [1.807, 2.05) is 12.1 Å². The highest BCUT2D eigenvalue weighted by atomic mass is 16.1. The summed E-state index contributed by atoms with van der Waals surface area (Å²) in [5, 5.41) is 6.26. The molecule has 0 aliphatic rings. The summed E-state index contributed by atoms with van der Waals surface area (Å²) < 4.78 is 0. The number of nitrogens with two attached hydrogens (primary N) is 1. The summed E-state index contributed by atoms with van der Waals surface area (Å²) in [5.41, 5.74) is 5.35. The largest absolute Gasteiger partial charge is 0.372 e. The predicted molar refractivity (Wildman–Crippen MR) is 69.9 cm³/mol. The van der Waals surface area contributed by atoms with Gasteiger partial charge >= 0.3 is 0 Å². The van der Waals surface area contributed by atoms with Gasteiger partial charge in [-0.15, -0.1) is 0 Å². The van der Waals surface area contributed by atoms with Crippen LogP contribution in [0.3, 0.4) is 0 Å². The maximum Gasteiger partial charge on any atom is 0.242 e. The van der Waals surface area contributed by atoms with Crippen molar-refractivity contribution in [3.63, 3.8) is 0 Å². The molecule has 5 heteroatoms. The number of carbonyl (C=O) groups excluding carboxylic acids is 1. The third-order valence-electron chi connectivity index (χ3n) is 2.39. The van der Waals surface area contributed by atoms with Gasteiger partial charge in [-0.1, -0.05) is 6.92 Å². The first-order valence-corrected chi connectivity index (χ1v) is 5.73. The van der Waals surface area contributed by atoms with E-state index >= 15 is 0 Å². The first kappa shape index (κ1) is 13.3. The Labute approximate surface area is 102 Å². The third kappa shape index (κ3) is 3.94. The van der Waals surface area contributed by atoms with E-state index in [1.54, 1.807) is 20.0 Å². The van der Waals surface area contributed by atoms with E-state index in [0.717, 1.165) is 24.5 Å². The smallest absolute Gasteiger partial charge is 0.242 e. The van der Waals surface area contributed by atoms with Crippen molar-refractivity contribution in [1.82, 2.24) is 4.98 Å². The predicted octanol–water partition coefficient (Wildman–Crippen LogP) is 1.58. The molecule has 1 aromatic heterocycles. The topological polar surface area (TPSA) is 80.0 Å². The number of rotatable bonds is 6.